The van der Waals surface area contributed by atoms with Crippen molar-refractivity contribution in [3.8, 4) is 0 Å². The largest absolute Gasteiger partial charge is 0.544 e. The highest BCUT2D eigenvalue weighted by Crippen LogP contribution is 2.60. The molecular formula is C15H17Cl2N2O3-. The van der Waals surface area contributed by atoms with Gasteiger partial charge in [0.15, 0.2) is 0 Å². The lowest BCUT2D eigenvalue weighted by Gasteiger charge is -2.55. The van der Waals surface area contributed by atoms with Crippen LogP contribution in [-0.2, 0) is 9.59 Å². The first-order chi connectivity index (χ1) is 10.4. The number of amides is 1. The summed E-state index contributed by atoms with van der Waals surface area (Å²) in [6, 6.07) is 0. The van der Waals surface area contributed by atoms with Crippen LogP contribution in [0.15, 0.2) is 15.2 Å². The first kappa shape index (κ1) is 15.8. The number of allylic oxidation sites excluding steroid dienone is 1. The fraction of sp³-hybridized carbons (Fsp3) is 0.667. The topological polar surface area (TPSA) is 81.6 Å². The van der Waals surface area contributed by atoms with Gasteiger partial charge in [-0.25, -0.2) is 5.43 Å². The van der Waals surface area contributed by atoms with E-state index >= 15 is 0 Å². The minimum absolute atomic E-state index is 0.0862. The molecule has 0 radical (unpaired) electrons. The van der Waals surface area contributed by atoms with Gasteiger partial charge < -0.3 is 9.90 Å². The van der Waals surface area contributed by atoms with Crippen LogP contribution in [0.25, 0.3) is 0 Å². The van der Waals surface area contributed by atoms with Gasteiger partial charge in [-0.05, 0) is 56.3 Å². The van der Waals surface area contributed by atoms with Crippen LogP contribution in [0.4, 0.5) is 0 Å². The van der Waals surface area contributed by atoms with Gasteiger partial charge in [0, 0.05) is 0 Å². The summed E-state index contributed by atoms with van der Waals surface area (Å²) in [5, 5.41) is 13.4. The van der Waals surface area contributed by atoms with E-state index in [0.29, 0.717) is 17.8 Å². The normalized spacial score (nSPS) is 37.3. The quantitative estimate of drug-likeness (QED) is 0.479. The Morgan fingerprint density at radius 1 is 1.09 bits per heavy atom. The molecule has 0 saturated heterocycles. The number of hydrogen-bond acceptors (Lipinski definition) is 4. The Bertz CT molecular complexity index is 536. The first-order valence-corrected chi connectivity index (χ1v) is 8.25. The molecule has 0 aromatic heterocycles. The van der Waals surface area contributed by atoms with Gasteiger partial charge in [0.25, 0.3) is 0 Å². The molecule has 1 N–H and O–H groups in total. The second kappa shape index (κ2) is 5.85. The molecule has 4 rings (SSSR count). The van der Waals surface area contributed by atoms with Crippen LogP contribution in [0.2, 0.25) is 0 Å². The number of hydrogen-bond donors (Lipinski definition) is 1. The average molecular weight is 344 g/mol. The highest BCUT2D eigenvalue weighted by molar-refractivity contribution is 6.51. The summed E-state index contributed by atoms with van der Waals surface area (Å²) >= 11 is 11.1. The van der Waals surface area contributed by atoms with Gasteiger partial charge in [-0.3, -0.25) is 4.79 Å². The van der Waals surface area contributed by atoms with Crippen molar-refractivity contribution in [1.29, 1.82) is 0 Å². The zero-order valence-corrected chi connectivity index (χ0v) is 13.5. The predicted molar refractivity (Wildman–Crippen MR) is 81.0 cm³/mol. The van der Waals surface area contributed by atoms with Crippen LogP contribution in [0.1, 0.15) is 38.5 Å². The Morgan fingerprint density at radius 3 is 2.05 bits per heavy atom. The number of hydrazone groups is 1. The van der Waals surface area contributed by atoms with Crippen LogP contribution >= 0.6 is 23.2 Å². The fourth-order valence-corrected chi connectivity index (χ4v) is 4.98. The number of carbonyl (C=O) groups excluding carboxylic acids is 2. The zero-order chi connectivity index (χ0) is 15.9. The molecule has 0 heterocycles. The molecule has 0 unspecified atom stereocenters. The SMILES string of the molecule is O=C([O-])/C(Cl)=C(/Cl)C=NNC(=O)C12CC3CC(CC(C3)C1)C2. The van der Waals surface area contributed by atoms with Crippen molar-refractivity contribution in [2.75, 3.05) is 0 Å². The standard InChI is InChI=1S/C15H18Cl2N2O3/c16-11(12(17)13(20)21)7-18-19-14(22)15-4-8-1-9(5-15)3-10(2-8)6-15/h7-10H,1-6H2,(H,19,22)(H,20,21)/p-1/b12-11-,18-7?. The Balaban J connectivity index is 1.65. The van der Waals surface area contributed by atoms with E-state index in [2.05, 4.69) is 10.5 Å². The van der Waals surface area contributed by atoms with E-state index in [-0.39, 0.29) is 16.4 Å². The van der Waals surface area contributed by atoms with E-state index in [1.165, 1.54) is 19.3 Å². The van der Waals surface area contributed by atoms with Gasteiger partial charge in [0.1, 0.15) is 0 Å². The molecule has 5 nitrogen and oxygen atoms in total. The summed E-state index contributed by atoms with van der Waals surface area (Å²) in [4.78, 5) is 23.1. The van der Waals surface area contributed by atoms with Crippen LogP contribution < -0.4 is 10.5 Å². The smallest absolute Gasteiger partial charge is 0.246 e. The molecule has 0 aromatic rings. The number of aliphatic carboxylic acids is 1. The Labute approximate surface area is 138 Å². The van der Waals surface area contributed by atoms with Crippen LogP contribution in [0, 0.1) is 23.2 Å². The number of nitrogens with zero attached hydrogens (tertiary/aromatic N) is 1. The number of carbonyl (C=O) groups is 2. The second-order valence-corrected chi connectivity index (χ2v) is 7.63. The lowest BCUT2D eigenvalue weighted by molar-refractivity contribution is -0.298. The summed E-state index contributed by atoms with van der Waals surface area (Å²) in [6.07, 6.45) is 7.60. The monoisotopic (exact) mass is 343 g/mol. The molecular weight excluding hydrogens is 327 g/mol. The number of rotatable bonds is 4. The molecule has 0 spiro atoms. The molecule has 120 valence electrons. The molecule has 0 aromatic carbocycles. The van der Waals surface area contributed by atoms with E-state index in [9.17, 15) is 14.7 Å². The maximum atomic E-state index is 12.5. The maximum Gasteiger partial charge on any atom is 0.246 e. The van der Waals surface area contributed by atoms with Crippen LogP contribution in [-0.4, -0.2) is 18.1 Å². The van der Waals surface area contributed by atoms with E-state index in [1.54, 1.807) is 0 Å². The van der Waals surface area contributed by atoms with Crippen molar-refractivity contribution in [1.82, 2.24) is 5.43 Å². The van der Waals surface area contributed by atoms with Gasteiger partial charge in [-0.2, -0.15) is 5.10 Å². The highest BCUT2D eigenvalue weighted by atomic mass is 35.5. The summed E-state index contributed by atoms with van der Waals surface area (Å²) < 4.78 is 0. The number of nitrogens with one attached hydrogen (secondary N) is 1. The van der Waals surface area contributed by atoms with Gasteiger partial charge >= 0.3 is 0 Å². The van der Waals surface area contributed by atoms with Gasteiger partial charge in [-0.15, -0.1) is 0 Å². The maximum absolute atomic E-state index is 12.5. The number of carboxylic acids is 1. The summed E-state index contributed by atoms with van der Waals surface area (Å²) in [5.41, 5.74) is 2.20. The average Bonchev–Trinajstić information content (AvgIpc) is 2.44. The van der Waals surface area contributed by atoms with E-state index < -0.39 is 11.0 Å². The van der Waals surface area contributed by atoms with Crippen LogP contribution in [0.3, 0.4) is 0 Å². The first-order valence-electron chi connectivity index (χ1n) is 7.50. The Kier molecular flexibility index (Phi) is 4.21. The highest BCUT2D eigenvalue weighted by Gasteiger charge is 2.54. The van der Waals surface area contributed by atoms with Crippen molar-refractivity contribution in [2.45, 2.75) is 38.5 Å². The summed E-state index contributed by atoms with van der Waals surface area (Å²) in [7, 11) is 0. The Hall–Kier alpha value is -1.07. The molecule has 22 heavy (non-hydrogen) atoms. The summed E-state index contributed by atoms with van der Waals surface area (Å²) in [6.45, 7) is 0. The number of halogens is 2. The molecule has 4 saturated carbocycles. The Morgan fingerprint density at radius 2 is 1.59 bits per heavy atom. The molecule has 0 atom stereocenters. The molecule has 4 aliphatic rings. The van der Waals surface area contributed by atoms with Crippen LogP contribution in [0.5, 0.6) is 0 Å². The molecule has 1 amide bonds. The third-order valence-electron chi connectivity index (χ3n) is 5.25. The molecule has 0 aliphatic heterocycles. The minimum Gasteiger partial charge on any atom is -0.544 e. The summed E-state index contributed by atoms with van der Waals surface area (Å²) in [5.74, 6) is 0.327. The van der Waals surface area contributed by atoms with Crippen molar-refractivity contribution >= 4 is 41.3 Å². The molecule has 4 bridgehead atoms. The van der Waals surface area contributed by atoms with E-state index in [0.717, 1.165) is 25.5 Å². The van der Waals surface area contributed by atoms with Gasteiger partial charge in [0.2, 0.25) is 5.91 Å². The fourth-order valence-electron chi connectivity index (χ4n) is 4.81. The van der Waals surface area contributed by atoms with Crippen molar-refractivity contribution in [2.24, 2.45) is 28.3 Å². The third-order valence-corrected chi connectivity index (χ3v) is 5.99. The molecule has 4 fully saturated rings. The zero-order valence-electron chi connectivity index (χ0n) is 12.0. The lowest BCUT2D eigenvalue weighted by atomic mass is 9.49. The van der Waals surface area contributed by atoms with E-state index in [4.69, 9.17) is 23.2 Å². The molecule has 7 heteroatoms. The van der Waals surface area contributed by atoms with Crippen molar-refractivity contribution < 1.29 is 14.7 Å². The van der Waals surface area contributed by atoms with Crippen molar-refractivity contribution in [3.05, 3.63) is 10.1 Å². The van der Waals surface area contributed by atoms with Gasteiger partial charge in [0.05, 0.1) is 27.7 Å². The van der Waals surface area contributed by atoms with Gasteiger partial charge in [-0.1, -0.05) is 23.2 Å². The van der Waals surface area contributed by atoms with E-state index in [1.807, 2.05) is 0 Å². The predicted octanol–water partition coefficient (Wildman–Crippen LogP) is 1.74. The van der Waals surface area contributed by atoms with Crippen molar-refractivity contribution in [3.63, 3.8) is 0 Å². The lowest BCUT2D eigenvalue weighted by Crippen LogP contribution is -2.52. The minimum atomic E-state index is -1.58. The third kappa shape index (κ3) is 2.88. The number of carboxylic acid groups (broad SMARTS) is 1. The second-order valence-electron chi connectivity index (χ2n) is 6.85. The molecule has 4 aliphatic carbocycles.